The van der Waals surface area contributed by atoms with Crippen LogP contribution in [-0.2, 0) is 0 Å². The van der Waals surface area contributed by atoms with Crippen LogP contribution in [0.3, 0.4) is 0 Å². The minimum Gasteiger partial charge on any atom is -0.497 e. The highest BCUT2D eigenvalue weighted by Crippen LogP contribution is 2.06. The van der Waals surface area contributed by atoms with Crippen molar-refractivity contribution in [1.29, 1.82) is 0 Å². The van der Waals surface area contributed by atoms with E-state index in [0.29, 0.717) is 0 Å². The first-order valence-electron chi connectivity index (χ1n) is 2.72. The molecule has 0 aliphatic rings. The van der Waals surface area contributed by atoms with Gasteiger partial charge in [0.05, 0.1) is 15.5 Å². The monoisotopic (exact) mass is 154 g/mol. The van der Waals surface area contributed by atoms with E-state index in [-0.39, 0.29) is 8.41 Å². The zero-order valence-electron chi connectivity index (χ0n) is 5.29. The number of hydrogen-bond acceptors (Lipinski definition) is 1. The van der Waals surface area contributed by atoms with Crippen molar-refractivity contribution in [3.63, 3.8) is 0 Å². The molecule has 1 unspecified atom stereocenters. The Morgan fingerprint density at radius 1 is 1.20 bits per heavy atom. The summed E-state index contributed by atoms with van der Waals surface area (Å²) >= 11 is 0. The molecule has 10 heavy (non-hydrogen) atoms. The summed E-state index contributed by atoms with van der Waals surface area (Å²) in [5, 5.41) is 1.18. The van der Waals surface area contributed by atoms with E-state index in [1.54, 1.807) is 7.11 Å². The summed E-state index contributed by atoms with van der Waals surface area (Å²) in [5.74, 6) is 0.904. The summed E-state index contributed by atoms with van der Waals surface area (Å²) in [5.41, 5.74) is 0. The van der Waals surface area contributed by atoms with Crippen molar-refractivity contribution in [1.82, 2.24) is 0 Å². The molecule has 0 aliphatic carbocycles. The average molecular weight is 154 g/mol. The lowest BCUT2D eigenvalue weighted by molar-refractivity contribution is 0.415. The van der Waals surface area contributed by atoms with Crippen LogP contribution in [0.1, 0.15) is 0 Å². The maximum absolute atomic E-state index is 4.96. The second kappa shape index (κ2) is 4.35. The van der Waals surface area contributed by atoms with Gasteiger partial charge in [-0.15, -0.1) is 9.24 Å². The summed E-state index contributed by atoms with van der Waals surface area (Å²) in [6.07, 6.45) is 0. The molecule has 0 N–H and O–H groups in total. The van der Waals surface area contributed by atoms with E-state index in [1.807, 2.05) is 24.3 Å². The SMILES string of the molecule is B.COc1ccc(P)cc1. The number of ether oxygens (including phenoxy) is 1. The Hall–Kier alpha value is -0.485. The maximum Gasteiger partial charge on any atom is 0.118 e. The molecule has 54 valence electrons. The zero-order chi connectivity index (χ0) is 6.69. The summed E-state index contributed by atoms with van der Waals surface area (Å²) in [4.78, 5) is 0. The number of hydrogen-bond donors (Lipinski definition) is 0. The smallest absolute Gasteiger partial charge is 0.118 e. The van der Waals surface area contributed by atoms with E-state index in [1.165, 1.54) is 5.30 Å². The highest BCUT2D eigenvalue weighted by molar-refractivity contribution is 7.27. The van der Waals surface area contributed by atoms with Crippen molar-refractivity contribution in [2.75, 3.05) is 7.11 Å². The van der Waals surface area contributed by atoms with Gasteiger partial charge in [0.15, 0.2) is 0 Å². The summed E-state index contributed by atoms with van der Waals surface area (Å²) in [6.45, 7) is 0. The topological polar surface area (TPSA) is 9.23 Å². The molecule has 1 rings (SSSR count). The van der Waals surface area contributed by atoms with Gasteiger partial charge >= 0.3 is 0 Å². The van der Waals surface area contributed by atoms with Gasteiger partial charge in [-0.05, 0) is 17.4 Å². The van der Waals surface area contributed by atoms with E-state index in [4.69, 9.17) is 4.74 Å². The largest absolute Gasteiger partial charge is 0.497 e. The lowest BCUT2D eigenvalue weighted by Crippen LogP contribution is -1.88. The lowest BCUT2D eigenvalue weighted by atomic mass is 10.3. The molecule has 0 amide bonds. The molecule has 0 fully saturated rings. The fourth-order valence-electron chi connectivity index (χ4n) is 0.604. The molecule has 0 spiro atoms. The van der Waals surface area contributed by atoms with Crippen LogP contribution in [0.15, 0.2) is 24.3 Å². The molecular weight excluding hydrogens is 142 g/mol. The first-order valence-corrected chi connectivity index (χ1v) is 3.30. The van der Waals surface area contributed by atoms with Crippen LogP contribution in [0.2, 0.25) is 0 Å². The Morgan fingerprint density at radius 3 is 2.10 bits per heavy atom. The minimum absolute atomic E-state index is 0. The van der Waals surface area contributed by atoms with Crippen molar-refractivity contribution < 1.29 is 4.74 Å². The van der Waals surface area contributed by atoms with Crippen molar-refractivity contribution >= 4 is 23.0 Å². The van der Waals surface area contributed by atoms with Gasteiger partial charge in [-0.2, -0.15) is 0 Å². The van der Waals surface area contributed by atoms with E-state index in [2.05, 4.69) is 9.24 Å². The highest BCUT2D eigenvalue weighted by atomic mass is 31.0. The van der Waals surface area contributed by atoms with Crippen molar-refractivity contribution in [3.8, 4) is 5.75 Å². The van der Waals surface area contributed by atoms with Crippen LogP contribution in [0.4, 0.5) is 0 Å². The molecule has 0 aromatic heterocycles. The predicted molar refractivity (Wildman–Crippen MR) is 52.3 cm³/mol. The zero-order valence-corrected chi connectivity index (χ0v) is 6.45. The molecule has 1 atom stereocenters. The standard InChI is InChI=1S/C7H9OP.BH3/c1-8-6-2-4-7(9)5-3-6;/h2-5H,9H2,1H3;1H3. The van der Waals surface area contributed by atoms with E-state index >= 15 is 0 Å². The molecule has 1 nitrogen and oxygen atoms in total. The molecule has 0 saturated carbocycles. The average Bonchev–Trinajstić information content (AvgIpc) is 1.90. The lowest BCUT2D eigenvalue weighted by Gasteiger charge is -1.96. The third-order valence-corrected chi connectivity index (χ3v) is 1.50. The van der Waals surface area contributed by atoms with Gasteiger partial charge in [-0.1, -0.05) is 12.1 Å². The third-order valence-electron chi connectivity index (χ3n) is 1.12. The molecule has 1 aromatic carbocycles. The predicted octanol–water partition coefficient (Wildman–Crippen LogP) is 0.0117. The number of rotatable bonds is 1. The first kappa shape index (κ1) is 9.51. The highest BCUT2D eigenvalue weighted by Gasteiger charge is 1.85. The van der Waals surface area contributed by atoms with Crippen molar-refractivity contribution in [2.24, 2.45) is 0 Å². The molecule has 0 radical (unpaired) electrons. The van der Waals surface area contributed by atoms with E-state index < -0.39 is 0 Å². The number of methoxy groups -OCH3 is 1. The Balaban J connectivity index is 0.000000810. The Bertz CT molecular complexity index is 185. The second-order valence-electron chi connectivity index (χ2n) is 1.77. The van der Waals surface area contributed by atoms with Gasteiger partial charge in [0.1, 0.15) is 5.75 Å². The Kier molecular flexibility index (Phi) is 4.14. The van der Waals surface area contributed by atoms with Crippen molar-refractivity contribution in [3.05, 3.63) is 24.3 Å². The van der Waals surface area contributed by atoms with Crippen LogP contribution in [-0.4, -0.2) is 15.5 Å². The molecule has 0 saturated heterocycles. The van der Waals surface area contributed by atoms with Gasteiger partial charge in [0.25, 0.3) is 0 Å². The summed E-state index contributed by atoms with van der Waals surface area (Å²) < 4.78 is 4.96. The van der Waals surface area contributed by atoms with Crippen LogP contribution in [0.5, 0.6) is 5.75 Å². The van der Waals surface area contributed by atoms with Gasteiger partial charge < -0.3 is 4.74 Å². The Labute approximate surface area is 65.6 Å². The normalized spacial score (nSPS) is 8.20. The quantitative estimate of drug-likeness (QED) is 0.409. The minimum atomic E-state index is 0. The van der Waals surface area contributed by atoms with Gasteiger partial charge in [0.2, 0.25) is 0 Å². The van der Waals surface area contributed by atoms with Crippen LogP contribution >= 0.6 is 9.24 Å². The summed E-state index contributed by atoms with van der Waals surface area (Å²) in [7, 11) is 4.28. The fourth-order valence-corrected chi connectivity index (χ4v) is 0.796. The van der Waals surface area contributed by atoms with E-state index in [0.717, 1.165) is 5.75 Å². The molecule has 3 heteroatoms. The number of benzene rings is 1. The molecule has 1 aromatic rings. The van der Waals surface area contributed by atoms with Gasteiger partial charge in [0, 0.05) is 0 Å². The summed E-state index contributed by atoms with van der Waals surface area (Å²) in [6, 6.07) is 7.84. The van der Waals surface area contributed by atoms with Gasteiger partial charge in [-0.25, -0.2) is 0 Å². The third kappa shape index (κ3) is 2.41. The van der Waals surface area contributed by atoms with Crippen LogP contribution in [0, 0.1) is 0 Å². The molecule has 0 aliphatic heterocycles. The first-order chi connectivity index (χ1) is 4.33. The second-order valence-corrected chi connectivity index (χ2v) is 2.44. The van der Waals surface area contributed by atoms with Crippen molar-refractivity contribution in [2.45, 2.75) is 0 Å². The maximum atomic E-state index is 4.96. The Morgan fingerprint density at radius 2 is 1.70 bits per heavy atom. The molecule has 0 heterocycles. The van der Waals surface area contributed by atoms with E-state index in [9.17, 15) is 0 Å². The van der Waals surface area contributed by atoms with Crippen LogP contribution in [0.25, 0.3) is 0 Å². The van der Waals surface area contributed by atoms with Crippen LogP contribution < -0.4 is 10.0 Å². The molecule has 0 bridgehead atoms. The van der Waals surface area contributed by atoms with Gasteiger partial charge in [-0.3, -0.25) is 0 Å². The molecular formula is C7H12BOP. The fraction of sp³-hybridized carbons (Fsp3) is 0.143.